The molecule has 0 radical (unpaired) electrons. The van der Waals surface area contributed by atoms with Crippen LogP contribution in [0.15, 0.2) is 16.6 Å². The Labute approximate surface area is 70.2 Å². The van der Waals surface area contributed by atoms with Crippen molar-refractivity contribution in [2.45, 2.75) is 26.2 Å². The highest BCUT2D eigenvalue weighted by Crippen LogP contribution is 2.35. The molecular formula is C8H11NOS. The van der Waals surface area contributed by atoms with Crippen LogP contribution in [-0.4, -0.2) is 0 Å². The van der Waals surface area contributed by atoms with Crippen molar-refractivity contribution in [3.05, 3.63) is 21.9 Å². The Kier molecular flexibility index (Phi) is 2.09. The van der Waals surface area contributed by atoms with Gasteiger partial charge in [-0.2, -0.15) is 0 Å². The standard InChI is InChI=1S/C8H11NOS/c1-8(2,3)6-4-5-11-7(6)9-10/h4-5H,1-3H3. The molecule has 0 unspecified atom stereocenters. The van der Waals surface area contributed by atoms with E-state index in [9.17, 15) is 4.91 Å². The summed E-state index contributed by atoms with van der Waals surface area (Å²) in [5.74, 6) is 0. The number of rotatable bonds is 1. The topological polar surface area (TPSA) is 29.4 Å². The summed E-state index contributed by atoms with van der Waals surface area (Å²) in [4.78, 5) is 10.3. The molecule has 0 amide bonds. The lowest BCUT2D eigenvalue weighted by Crippen LogP contribution is -2.09. The van der Waals surface area contributed by atoms with E-state index in [-0.39, 0.29) is 5.41 Å². The maximum atomic E-state index is 10.3. The lowest BCUT2D eigenvalue weighted by atomic mass is 9.89. The summed E-state index contributed by atoms with van der Waals surface area (Å²) in [5.41, 5.74) is 1.07. The van der Waals surface area contributed by atoms with Crippen LogP contribution in [0, 0.1) is 4.91 Å². The molecule has 0 atom stereocenters. The third-order valence-electron chi connectivity index (χ3n) is 1.54. The average molecular weight is 169 g/mol. The number of hydrogen-bond acceptors (Lipinski definition) is 3. The monoisotopic (exact) mass is 169 g/mol. The first kappa shape index (κ1) is 8.40. The van der Waals surface area contributed by atoms with Gasteiger partial charge in [0.1, 0.15) is 0 Å². The lowest BCUT2D eigenvalue weighted by Gasteiger charge is -2.16. The lowest BCUT2D eigenvalue weighted by molar-refractivity contribution is 0.593. The Balaban J connectivity index is 3.12. The van der Waals surface area contributed by atoms with Gasteiger partial charge in [0.05, 0.1) is 0 Å². The van der Waals surface area contributed by atoms with Gasteiger partial charge in [0.2, 0.25) is 0 Å². The molecule has 3 heteroatoms. The zero-order valence-electron chi connectivity index (χ0n) is 6.92. The third kappa shape index (κ3) is 1.66. The van der Waals surface area contributed by atoms with Crippen molar-refractivity contribution in [1.82, 2.24) is 0 Å². The minimum absolute atomic E-state index is 0.0310. The fourth-order valence-electron chi connectivity index (χ4n) is 0.943. The van der Waals surface area contributed by atoms with Crippen LogP contribution >= 0.6 is 11.3 Å². The molecule has 0 bridgehead atoms. The average Bonchev–Trinajstić information content (AvgIpc) is 2.31. The van der Waals surface area contributed by atoms with Gasteiger partial charge >= 0.3 is 0 Å². The molecule has 2 nitrogen and oxygen atoms in total. The van der Waals surface area contributed by atoms with Crippen molar-refractivity contribution in [1.29, 1.82) is 0 Å². The molecule has 1 heterocycles. The fraction of sp³-hybridized carbons (Fsp3) is 0.500. The zero-order valence-corrected chi connectivity index (χ0v) is 7.73. The predicted octanol–water partition coefficient (Wildman–Crippen LogP) is 3.44. The van der Waals surface area contributed by atoms with Crippen LogP contribution in [0.5, 0.6) is 0 Å². The van der Waals surface area contributed by atoms with Gasteiger partial charge in [0.25, 0.3) is 0 Å². The van der Waals surface area contributed by atoms with E-state index in [2.05, 4.69) is 25.9 Å². The minimum Gasteiger partial charge on any atom is -0.144 e. The first-order chi connectivity index (χ1) is 5.05. The molecule has 0 aliphatic rings. The molecule has 0 spiro atoms. The maximum Gasteiger partial charge on any atom is 0.164 e. The van der Waals surface area contributed by atoms with Crippen LogP contribution in [0.25, 0.3) is 0 Å². The van der Waals surface area contributed by atoms with Crippen LogP contribution < -0.4 is 0 Å². The van der Waals surface area contributed by atoms with Crippen LogP contribution in [-0.2, 0) is 5.41 Å². The van der Waals surface area contributed by atoms with E-state index >= 15 is 0 Å². The van der Waals surface area contributed by atoms with Crippen LogP contribution in [0.2, 0.25) is 0 Å². The van der Waals surface area contributed by atoms with Crippen LogP contribution in [0.4, 0.5) is 5.00 Å². The highest BCUT2D eigenvalue weighted by Gasteiger charge is 2.19. The van der Waals surface area contributed by atoms with Crippen molar-refractivity contribution in [2.24, 2.45) is 5.18 Å². The Morgan fingerprint density at radius 3 is 2.45 bits per heavy atom. The zero-order chi connectivity index (χ0) is 8.48. The van der Waals surface area contributed by atoms with E-state index in [4.69, 9.17) is 0 Å². The highest BCUT2D eigenvalue weighted by atomic mass is 32.1. The molecular weight excluding hydrogens is 158 g/mol. The second-order valence-corrected chi connectivity index (χ2v) is 4.38. The van der Waals surface area contributed by atoms with E-state index in [1.54, 1.807) is 0 Å². The van der Waals surface area contributed by atoms with Crippen molar-refractivity contribution < 1.29 is 0 Å². The molecule has 0 aliphatic heterocycles. The van der Waals surface area contributed by atoms with Gasteiger partial charge in [-0.3, -0.25) is 0 Å². The van der Waals surface area contributed by atoms with E-state index in [0.717, 1.165) is 5.56 Å². The van der Waals surface area contributed by atoms with Crippen LogP contribution in [0.3, 0.4) is 0 Å². The van der Waals surface area contributed by atoms with Gasteiger partial charge in [0, 0.05) is 0 Å². The SMILES string of the molecule is CC(C)(C)c1ccsc1N=O. The molecule has 60 valence electrons. The Bertz CT molecular complexity index is 259. The number of nitroso groups, excluding NO2 is 1. The molecule has 0 N–H and O–H groups in total. The number of hydrogen-bond donors (Lipinski definition) is 0. The smallest absolute Gasteiger partial charge is 0.144 e. The summed E-state index contributed by atoms with van der Waals surface area (Å²) in [6, 6.07) is 1.96. The predicted molar refractivity (Wildman–Crippen MR) is 48.5 cm³/mol. The molecule has 0 aromatic carbocycles. The summed E-state index contributed by atoms with van der Waals surface area (Å²) in [6.07, 6.45) is 0. The summed E-state index contributed by atoms with van der Waals surface area (Å²) in [7, 11) is 0. The van der Waals surface area contributed by atoms with Gasteiger partial charge in [-0.1, -0.05) is 20.8 Å². The minimum atomic E-state index is 0.0310. The Morgan fingerprint density at radius 1 is 1.45 bits per heavy atom. The molecule has 1 aromatic heterocycles. The second kappa shape index (κ2) is 2.74. The summed E-state index contributed by atoms with van der Waals surface area (Å²) in [6.45, 7) is 6.22. The molecule has 11 heavy (non-hydrogen) atoms. The van der Waals surface area contributed by atoms with Crippen molar-refractivity contribution in [2.75, 3.05) is 0 Å². The van der Waals surface area contributed by atoms with Crippen molar-refractivity contribution in [3.63, 3.8) is 0 Å². The largest absolute Gasteiger partial charge is 0.164 e. The third-order valence-corrected chi connectivity index (χ3v) is 2.33. The molecule has 0 aliphatic carbocycles. The van der Waals surface area contributed by atoms with Gasteiger partial charge in [-0.25, -0.2) is 0 Å². The van der Waals surface area contributed by atoms with Gasteiger partial charge in [-0.05, 0) is 27.6 Å². The summed E-state index contributed by atoms with van der Waals surface area (Å²) >= 11 is 1.40. The Hall–Kier alpha value is -0.700. The maximum absolute atomic E-state index is 10.3. The first-order valence-corrected chi connectivity index (χ1v) is 4.35. The quantitative estimate of drug-likeness (QED) is 0.592. The van der Waals surface area contributed by atoms with Crippen LogP contribution in [0.1, 0.15) is 26.3 Å². The van der Waals surface area contributed by atoms with E-state index in [1.165, 1.54) is 11.3 Å². The van der Waals surface area contributed by atoms with E-state index < -0.39 is 0 Å². The Morgan fingerprint density at radius 2 is 2.09 bits per heavy atom. The van der Waals surface area contributed by atoms with Crippen molar-refractivity contribution in [3.8, 4) is 0 Å². The number of thiophene rings is 1. The van der Waals surface area contributed by atoms with Gasteiger partial charge in [0.15, 0.2) is 5.00 Å². The normalized spacial score (nSPS) is 11.5. The second-order valence-electron chi connectivity index (χ2n) is 3.48. The molecule has 1 rings (SSSR count). The van der Waals surface area contributed by atoms with Gasteiger partial charge in [-0.15, -0.1) is 16.2 Å². The summed E-state index contributed by atoms with van der Waals surface area (Å²) in [5, 5.41) is 5.47. The molecule has 0 saturated heterocycles. The number of nitrogens with zero attached hydrogens (tertiary/aromatic N) is 1. The summed E-state index contributed by atoms with van der Waals surface area (Å²) < 4.78 is 0. The molecule has 0 saturated carbocycles. The molecule has 0 fully saturated rings. The fourth-order valence-corrected chi connectivity index (χ4v) is 1.82. The molecule has 1 aromatic rings. The van der Waals surface area contributed by atoms with Gasteiger partial charge < -0.3 is 0 Å². The van der Waals surface area contributed by atoms with E-state index in [0.29, 0.717) is 5.00 Å². The van der Waals surface area contributed by atoms with E-state index in [1.807, 2.05) is 11.4 Å². The van der Waals surface area contributed by atoms with Crippen molar-refractivity contribution >= 4 is 16.3 Å². The first-order valence-electron chi connectivity index (χ1n) is 3.47. The highest BCUT2D eigenvalue weighted by molar-refractivity contribution is 7.14.